The minimum absolute atomic E-state index is 0.0147. The maximum absolute atomic E-state index is 11.9. The molecule has 0 spiro atoms. The third-order valence-corrected chi connectivity index (χ3v) is 3.49. The van der Waals surface area contributed by atoms with Crippen LogP contribution >= 0.6 is 0 Å². The van der Waals surface area contributed by atoms with Gasteiger partial charge in [-0.1, -0.05) is 26.0 Å². The van der Waals surface area contributed by atoms with Crippen molar-refractivity contribution >= 4 is 5.91 Å². The van der Waals surface area contributed by atoms with Crippen molar-refractivity contribution in [3.8, 4) is 5.75 Å². The number of carbonyl (C=O) groups is 1. The van der Waals surface area contributed by atoms with Crippen molar-refractivity contribution in [2.45, 2.75) is 32.2 Å². The Kier molecular flexibility index (Phi) is 4.43. The van der Waals surface area contributed by atoms with E-state index < -0.39 is 0 Å². The molecule has 0 radical (unpaired) electrons. The maximum atomic E-state index is 11.9. The predicted octanol–water partition coefficient (Wildman–Crippen LogP) is 1.75. The summed E-state index contributed by atoms with van der Waals surface area (Å²) in [7, 11) is 0. The van der Waals surface area contributed by atoms with Crippen LogP contribution in [-0.4, -0.2) is 36.5 Å². The second kappa shape index (κ2) is 6.06. The Morgan fingerprint density at radius 1 is 1.42 bits per heavy atom. The number of amides is 1. The van der Waals surface area contributed by atoms with Crippen LogP contribution in [-0.2, 0) is 4.79 Å². The molecular weight excluding hydrogens is 240 g/mol. The topological polar surface area (TPSA) is 55.6 Å². The summed E-state index contributed by atoms with van der Waals surface area (Å²) in [6, 6.07) is 8.03. The molecule has 1 aromatic carbocycles. The van der Waals surface area contributed by atoms with Gasteiger partial charge in [0.15, 0.2) is 6.61 Å². The Morgan fingerprint density at radius 2 is 2.11 bits per heavy atom. The fourth-order valence-electron chi connectivity index (χ4n) is 2.20. The van der Waals surface area contributed by atoms with Crippen LogP contribution in [0.25, 0.3) is 0 Å². The molecule has 0 bridgehead atoms. The Morgan fingerprint density at radius 3 is 2.63 bits per heavy atom. The van der Waals surface area contributed by atoms with Crippen LogP contribution in [0, 0.1) is 0 Å². The van der Waals surface area contributed by atoms with Gasteiger partial charge in [-0.05, 0) is 30.0 Å². The van der Waals surface area contributed by atoms with Crippen LogP contribution in [0.2, 0.25) is 0 Å². The standard InChI is InChI=1S/C15H22N2O2/c1-11(2)12-3-5-14(6-4-12)19-10-15(18)17-8-7-13(16)9-17/h3-6,11,13H,7-10,16H2,1-2H3. The smallest absolute Gasteiger partial charge is 0.260 e. The Labute approximate surface area is 114 Å². The number of hydrogen-bond acceptors (Lipinski definition) is 3. The number of benzene rings is 1. The highest BCUT2D eigenvalue weighted by atomic mass is 16.5. The van der Waals surface area contributed by atoms with E-state index in [1.165, 1.54) is 5.56 Å². The summed E-state index contributed by atoms with van der Waals surface area (Å²) in [6.45, 7) is 5.78. The molecule has 104 valence electrons. The summed E-state index contributed by atoms with van der Waals surface area (Å²) in [4.78, 5) is 13.7. The summed E-state index contributed by atoms with van der Waals surface area (Å²) < 4.78 is 5.52. The van der Waals surface area contributed by atoms with Gasteiger partial charge in [0.05, 0.1) is 0 Å². The monoisotopic (exact) mass is 262 g/mol. The highest BCUT2D eigenvalue weighted by Gasteiger charge is 2.23. The van der Waals surface area contributed by atoms with Crippen LogP contribution in [0.5, 0.6) is 5.75 Å². The Hall–Kier alpha value is -1.55. The fraction of sp³-hybridized carbons (Fsp3) is 0.533. The summed E-state index contributed by atoms with van der Waals surface area (Å²) in [6.07, 6.45) is 0.884. The van der Waals surface area contributed by atoms with Gasteiger partial charge in [-0.2, -0.15) is 0 Å². The van der Waals surface area contributed by atoms with Gasteiger partial charge in [-0.3, -0.25) is 4.79 Å². The van der Waals surface area contributed by atoms with Crippen LogP contribution < -0.4 is 10.5 Å². The van der Waals surface area contributed by atoms with E-state index in [0.29, 0.717) is 12.5 Å². The number of likely N-dealkylation sites (tertiary alicyclic amines) is 1. The van der Waals surface area contributed by atoms with E-state index in [9.17, 15) is 4.79 Å². The lowest BCUT2D eigenvalue weighted by Crippen LogP contribution is -2.35. The second-order valence-corrected chi connectivity index (χ2v) is 5.40. The molecule has 0 aliphatic carbocycles. The molecular formula is C15H22N2O2. The molecule has 0 saturated carbocycles. The lowest BCUT2D eigenvalue weighted by Gasteiger charge is -2.16. The molecule has 1 unspecified atom stereocenters. The molecule has 1 aliphatic heterocycles. The number of nitrogens with zero attached hydrogens (tertiary/aromatic N) is 1. The summed E-state index contributed by atoms with van der Waals surface area (Å²) in [5.41, 5.74) is 7.05. The zero-order valence-electron chi connectivity index (χ0n) is 11.6. The van der Waals surface area contributed by atoms with E-state index in [-0.39, 0.29) is 18.6 Å². The molecule has 1 aliphatic rings. The van der Waals surface area contributed by atoms with Gasteiger partial charge >= 0.3 is 0 Å². The average Bonchev–Trinajstić information content (AvgIpc) is 2.83. The van der Waals surface area contributed by atoms with Gasteiger partial charge in [0.1, 0.15) is 5.75 Å². The average molecular weight is 262 g/mol. The molecule has 1 aromatic rings. The number of carbonyl (C=O) groups excluding carboxylic acids is 1. The van der Waals surface area contributed by atoms with E-state index in [4.69, 9.17) is 10.5 Å². The minimum atomic E-state index is 0.0147. The first-order chi connectivity index (χ1) is 9.06. The van der Waals surface area contributed by atoms with Crippen molar-refractivity contribution in [3.63, 3.8) is 0 Å². The molecule has 2 N–H and O–H groups in total. The predicted molar refractivity (Wildman–Crippen MR) is 75.2 cm³/mol. The van der Waals surface area contributed by atoms with Gasteiger partial charge in [-0.25, -0.2) is 0 Å². The van der Waals surface area contributed by atoms with Crippen molar-refractivity contribution in [3.05, 3.63) is 29.8 Å². The zero-order chi connectivity index (χ0) is 13.8. The first-order valence-electron chi connectivity index (χ1n) is 6.82. The van der Waals surface area contributed by atoms with Crippen molar-refractivity contribution < 1.29 is 9.53 Å². The van der Waals surface area contributed by atoms with Crippen molar-refractivity contribution in [1.29, 1.82) is 0 Å². The largest absolute Gasteiger partial charge is 0.484 e. The summed E-state index contributed by atoms with van der Waals surface area (Å²) in [5.74, 6) is 1.25. The lowest BCUT2D eigenvalue weighted by atomic mass is 10.0. The maximum Gasteiger partial charge on any atom is 0.260 e. The Bertz CT molecular complexity index is 428. The number of hydrogen-bond donors (Lipinski definition) is 1. The van der Waals surface area contributed by atoms with Crippen LogP contribution in [0.3, 0.4) is 0 Å². The molecule has 1 atom stereocenters. The lowest BCUT2D eigenvalue weighted by molar-refractivity contribution is -0.132. The van der Waals surface area contributed by atoms with Crippen LogP contribution in [0.4, 0.5) is 0 Å². The van der Waals surface area contributed by atoms with E-state index in [2.05, 4.69) is 13.8 Å². The third kappa shape index (κ3) is 3.70. The second-order valence-electron chi connectivity index (χ2n) is 5.40. The molecule has 4 nitrogen and oxygen atoms in total. The molecule has 1 heterocycles. The first-order valence-corrected chi connectivity index (χ1v) is 6.82. The van der Waals surface area contributed by atoms with Crippen molar-refractivity contribution in [2.24, 2.45) is 5.73 Å². The number of nitrogens with two attached hydrogens (primary N) is 1. The van der Waals surface area contributed by atoms with E-state index in [1.54, 1.807) is 4.90 Å². The van der Waals surface area contributed by atoms with Gasteiger partial charge in [0.2, 0.25) is 0 Å². The molecule has 2 rings (SSSR count). The molecule has 19 heavy (non-hydrogen) atoms. The Balaban J connectivity index is 1.83. The van der Waals surface area contributed by atoms with Crippen molar-refractivity contribution in [2.75, 3.05) is 19.7 Å². The number of ether oxygens (including phenoxy) is 1. The molecule has 1 saturated heterocycles. The third-order valence-electron chi connectivity index (χ3n) is 3.49. The van der Waals surface area contributed by atoms with Gasteiger partial charge < -0.3 is 15.4 Å². The first kappa shape index (κ1) is 13.9. The number of rotatable bonds is 4. The normalized spacial score (nSPS) is 18.9. The van der Waals surface area contributed by atoms with E-state index >= 15 is 0 Å². The molecule has 0 aromatic heterocycles. The van der Waals surface area contributed by atoms with Crippen molar-refractivity contribution in [1.82, 2.24) is 4.90 Å². The quantitative estimate of drug-likeness (QED) is 0.899. The van der Waals surface area contributed by atoms with Crippen LogP contribution in [0.15, 0.2) is 24.3 Å². The molecule has 1 fully saturated rings. The fourth-order valence-corrected chi connectivity index (χ4v) is 2.20. The van der Waals surface area contributed by atoms with E-state index in [0.717, 1.165) is 18.7 Å². The van der Waals surface area contributed by atoms with Crippen LogP contribution in [0.1, 0.15) is 31.7 Å². The SMILES string of the molecule is CC(C)c1ccc(OCC(=O)N2CCC(N)C2)cc1. The summed E-state index contributed by atoms with van der Waals surface area (Å²) >= 11 is 0. The highest BCUT2D eigenvalue weighted by Crippen LogP contribution is 2.18. The van der Waals surface area contributed by atoms with E-state index in [1.807, 2.05) is 24.3 Å². The molecule has 1 amide bonds. The summed E-state index contributed by atoms with van der Waals surface area (Å²) in [5, 5.41) is 0. The van der Waals surface area contributed by atoms with Gasteiger partial charge in [0.25, 0.3) is 5.91 Å². The highest BCUT2D eigenvalue weighted by molar-refractivity contribution is 5.78. The zero-order valence-corrected chi connectivity index (χ0v) is 11.6. The molecule has 4 heteroatoms. The van der Waals surface area contributed by atoms with Gasteiger partial charge in [-0.15, -0.1) is 0 Å². The van der Waals surface area contributed by atoms with Gasteiger partial charge in [0, 0.05) is 19.1 Å². The minimum Gasteiger partial charge on any atom is -0.484 e.